The maximum atomic E-state index is 10.3. The van der Waals surface area contributed by atoms with Crippen LogP contribution < -0.4 is 14.5 Å². The minimum Gasteiger partial charge on any atom is -0.509 e. The van der Waals surface area contributed by atoms with Crippen molar-refractivity contribution >= 4 is 44.6 Å². The van der Waals surface area contributed by atoms with E-state index in [1.807, 2.05) is 97.9 Å². The van der Waals surface area contributed by atoms with Crippen molar-refractivity contribution in [2.45, 2.75) is 130 Å². The van der Waals surface area contributed by atoms with Crippen molar-refractivity contribution in [3.05, 3.63) is 198 Å². The molecule has 6 heteroatoms. The van der Waals surface area contributed by atoms with Gasteiger partial charge >= 0.3 is 0 Å². The van der Waals surface area contributed by atoms with Gasteiger partial charge in [0.2, 0.25) is 0 Å². The molecule has 0 unspecified atom stereocenters. The number of rotatable bonds is 7. The zero-order chi connectivity index (χ0) is 61.0. The molecule has 1 aliphatic heterocycles. The van der Waals surface area contributed by atoms with Crippen molar-refractivity contribution in [3.8, 4) is 39.6 Å². The number of pyridine rings is 1. The molecule has 380 valence electrons. The van der Waals surface area contributed by atoms with Crippen LogP contribution in [0.4, 0.5) is 22.7 Å². The third-order valence-electron chi connectivity index (χ3n) is 14.7. The first kappa shape index (κ1) is 39.1. The van der Waals surface area contributed by atoms with Crippen molar-refractivity contribution in [2.75, 3.05) is 9.80 Å². The summed E-state index contributed by atoms with van der Waals surface area (Å²) < 4.78 is 113. The molecule has 0 amide bonds. The number of hydrogen-bond donors (Lipinski definition) is 0. The quantitative estimate of drug-likeness (QED) is 0.149. The van der Waals surface area contributed by atoms with E-state index in [0.29, 0.717) is 67.3 Å². The molecule has 2 aliphatic rings. The molecule has 9 aromatic rings. The summed E-state index contributed by atoms with van der Waals surface area (Å²) in [6.07, 6.45) is 3.25. The van der Waals surface area contributed by atoms with Crippen LogP contribution in [0.15, 0.2) is 152 Å². The fraction of sp³-hybridized carbons (Fsp3) is 0.294. The summed E-state index contributed by atoms with van der Waals surface area (Å²) in [5.41, 5.74) is 5.04. The van der Waals surface area contributed by atoms with Crippen molar-refractivity contribution in [1.29, 1.82) is 0 Å². The molecule has 7 aromatic carbocycles. The molecule has 0 atom stereocenters. The molecule has 0 radical (unpaired) electrons. The molecule has 0 N–H and O–H groups in total. The van der Waals surface area contributed by atoms with Gasteiger partial charge in [0.05, 0.1) is 15.1 Å². The Labute approximate surface area is 470 Å². The van der Waals surface area contributed by atoms with E-state index in [1.165, 1.54) is 0 Å². The molecule has 0 saturated carbocycles. The third-order valence-corrected chi connectivity index (χ3v) is 14.7. The Morgan fingerprint density at radius 3 is 1.91 bits per heavy atom. The molecule has 0 spiro atoms. The van der Waals surface area contributed by atoms with Gasteiger partial charge in [0.15, 0.2) is 0 Å². The van der Waals surface area contributed by atoms with E-state index < -0.39 is 21.7 Å². The fourth-order valence-corrected chi connectivity index (χ4v) is 10.1. The van der Waals surface area contributed by atoms with Gasteiger partial charge in [0.25, 0.3) is 0 Å². The van der Waals surface area contributed by atoms with E-state index in [2.05, 4.69) is 81.4 Å². The second-order valence-electron chi connectivity index (χ2n) is 24.1. The van der Waals surface area contributed by atoms with Gasteiger partial charge in [0.1, 0.15) is 5.82 Å². The zero-order valence-corrected chi connectivity index (χ0v) is 46.9. The van der Waals surface area contributed by atoms with E-state index >= 15 is 0 Å². The summed E-state index contributed by atoms with van der Waals surface area (Å²) in [5, 5.41) is 0.873. The van der Waals surface area contributed by atoms with Crippen molar-refractivity contribution < 1.29 is 40.9 Å². The van der Waals surface area contributed by atoms with Gasteiger partial charge < -0.3 is 19.1 Å². The summed E-state index contributed by atoms with van der Waals surface area (Å²) in [6, 6.07) is 29.6. The molecule has 74 heavy (non-hydrogen) atoms. The molecule has 0 saturated heterocycles. The van der Waals surface area contributed by atoms with Crippen LogP contribution in [0.3, 0.4) is 0 Å². The SMILES string of the molecule is [2H]c1c([2H])c(C(C)(C)C)c([2H])c([2H])c1-c1cc(C(C)(C)C)cc(-c2c([2H])c([2H])c3c(c2[2H])C(C)(C)CCC3(C)C)c1N1[CH-]N(c2[c-]c(Oc3[c-]c4c(cc3)c3c([2H])c([2H])c([2H])c([2H])c3n4-c3cc(C(C)(C)C)ccn3)ccc2)c2ccccc21.[Pt]. The van der Waals surface area contributed by atoms with Gasteiger partial charge in [-0.2, -0.15) is 12.1 Å². The summed E-state index contributed by atoms with van der Waals surface area (Å²) in [7, 11) is 0. The summed E-state index contributed by atoms with van der Waals surface area (Å²) in [5.74, 6) is 1.05. The minimum atomic E-state index is -0.732. The number of benzene rings is 7. The summed E-state index contributed by atoms with van der Waals surface area (Å²) >= 11 is 0. The van der Waals surface area contributed by atoms with Crippen molar-refractivity contribution in [2.24, 2.45) is 0 Å². The van der Waals surface area contributed by atoms with E-state index in [-0.39, 0.29) is 121 Å². The van der Waals surface area contributed by atoms with Gasteiger partial charge in [-0.05, 0) is 127 Å². The van der Waals surface area contributed by atoms with Crippen molar-refractivity contribution in [3.63, 3.8) is 0 Å². The second kappa shape index (κ2) is 18.4. The van der Waals surface area contributed by atoms with Crippen LogP contribution in [0.5, 0.6) is 11.5 Å². The summed E-state index contributed by atoms with van der Waals surface area (Å²) in [4.78, 5) is 8.60. The van der Waals surface area contributed by atoms with Crippen molar-refractivity contribution in [1.82, 2.24) is 9.55 Å². The van der Waals surface area contributed by atoms with E-state index in [4.69, 9.17) is 15.2 Å². The standard InChI is InChI=1S/C68H69N4O.Pt/c1-64(2,3)46-28-25-44(26-29-46)54-38-48(66(7,8)9)39-55(45-27-32-56-57(37-45)68(12,13)35-34-67(56,10)11)63(54)71-43-70(59-23-16-17-24-60(59)71)49-19-18-20-50(41-49)73-51-30-31-53-52-21-14-15-22-58(52)72(61(53)42-51)62-40-47(33-36-69-62)65(4,5)6;/h14-33,36-40,43H,34-35H2,1-13H3;/q-3;/i14D,15D,21D,22D,25D,26D,27D,28D,29D,32D,37D;. The first-order valence-electron chi connectivity index (χ1n) is 30.8. The molecule has 0 fully saturated rings. The molecule has 11 rings (SSSR count). The third kappa shape index (κ3) is 9.18. The number of hydrogen-bond acceptors (Lipinski definition) is 4. The van der Waals surface area contributed by atoms with Gasteiger partial charge in [-0.25, -0.2) is 4.98 Å². The first-order chi connectivity index (χ1) is 39.1. The molecule has 2 aromatic heterocycles. The number of nitrogens with zero attached hydrogens (tertiary/aromatic N) is 4. The smallest absolute Gasteiger partial charge is 0.135 e. The monoisotopic (exact) mass is 1160 g/mol. The number of aromatic nitrogens is 2. The molecule has 3 heterocycles. The van der Waals surface area contributed by atoms with Crippen LogP contribution in [0.25, 0.3) is 49.9 Å². The predicted molar refractivity (Wildman–Crippen MR) is 306 cm³/mol. The Hall–Kier alpha value is -6.42. The van der Waals surface area contributed by atoms with Crippen LogP contribution in [0.2, 0.25) is 0 Å². The molecule has 0 bridgehead atoms. The molecular formula is C68H69N4OPt-3. The normalized spacial score (nSPS) is 17.3. The Kier molecular flexibility index (Phi) is 9.74. The largest absolute Gasteiger partial charge is 0.509 e. The van der Waals surface area contributed by atoms with Gasteiger partial charge in [-0.1, -0.05) is 168 Å². The van der Waals surface area contributed by atoms with E-state index in [0.717, 1.165) is 29.5 Å². The van der Waals surface area contributed by atoms with Gasteiger partial charge in [-0.3, -0.25) is 0 Å². The van der Waals surface area contributed by atoms with Crippen LogP contribution in [-0.4, -0.2) is 9.55 Å². The predicted octanol–water partition coefficient (Wildman–Crippen LogP) is 18.6. The fourth-order valence-electron chi connectivity index (χ4n) is 10.1. The van der Waals surface area contributed by atoms with Crippen LogP contribution in [0, 0.1) is 18.8 Å². The molecule has 1 aliphatic carbocycles. The van der Waals surface area contributed by atoms with Crippen LogP contribution >= 0.6 is 0 Å². The van der Waals surface area contributed by atoms with Crippen LogP contribution in [-0.2, 0) is 48.1 Å². The average molecular weight is 1160 g/mol. The van der Waals surface area contributed by atoms with Gasteiger partial charge in [0, 0.05) is 72.5 Å². The molecular weight excluding hydrogens is 1080 g/mol. The number of para-hydroxylation sites is 3. The topological polar surface area (TPSA) is 33.5 Å². The number of fused-ring (bicyclic) bond motifs is 5. The number of ether oxygens (including phenoxy) is 1. The van der Waals surface area contributed by atoms with Crippen LogP contribution in [0.1, 0.15) is 146 Å². The maximum Gasteiger partial charge on any atom is 0.135 e. The average Bonchev–Trinajstić information content (AvgIpc) is 1.69. The number of anilines is 4. The van der Waals surface area contributed by atoms with E-state index in [1.54, 1.807) is 29.0 Å². The van der Waals surface area contributed by atoms with Gasteiger partial charge in [-0.15, -0.1) is 48.1 Å². The summed E-state index contributed by atoms with van der Waals surface area (Å²) in [6.45, 7) is 28.3. The molecule has 5 nitrogen and oxygen atoms in total. The Morgan fingerprint density at radius 2 is 1.22 bits per heavy atom. The Morgan fingerprint density at radius 1 is 0.595 bits per heavy atom. The maximum absolute atomic E-state index is 10.3. The Balaban J connectivity index is 0.00000803. The van der Waals surface area contributed by atoms with E-state index in [9.17, 15) is 9.60 Å². The Bertz CT molecular complexity index is 4230. The zero-order valence-electron chi connectivity index (χ0n) is 55.6. The first-order valence-corrected chi connectivity index (χ1v) is 25.3. The minimum absolute atomic E-state index is 0. The second-order valence-corrected chi connectivity index (χ2v) is 24.1.